The summed E-state index contributed by atoms with van der Waals surface area (Å²) in [4.78, 5) is 31.4. The summed E-state index contributed by atoms with van der Waals surface area (Å²) in [7, 11) is 3.16. The maximum absolute atomic E-state index is 13.6. The average Bonchev–Trinajstić information content (AvgIpc) is 3.13. The van der Waals surface area contributed by atoms with Crippen LogP contribution in [0.25, 0.3) is 0 Å². The van der Waals surface area contributed by atoms with Crippen LogP contribution < -0.4 is 14.8 Å². The van der Waals surface area contributed by atoms with Crippen LogP contribution in [0, 0.1) is 16.2 Å². The van der Waals surface area contributed by atoms with Crippen LogP contribution in [0.1, 0.15) is 50.4 Å². The maximum Gasteiger partial charge on any atom is 0.365 e. The first-order valence-electron chi connectivity index (χ1n) is 11.1. The number of fused-ring (bicyclic) bond motifs is 2. The number of carbonyl (C=O) groups is 2. The first-order chi connectivity index (χ1) is 15.7. The van der Waals surface area contributed by atoms with Crippen molar-refractivity contribution in [3.63, 3.8) is 0 Å². The van der Waals surface area contributed by atoms with E-state index in [9.17, 15) is 9.59 Å². The topological polar surface area (TPSA) is 86.2 Å². The minimum Gasteiger partial charge on any atom is -0.497 e. The van der Waals surface area contributed by atoms with E-state index in [0.29, 0.717) is 29.2 Å². The molecule has 1 N–H and O–H groups in total. The molecule has 2 aliphatic rings. The second kappa shape index (κ2) is 8.21. The molecule has 2 aromatic rings. The van der Waals surface area contributed by atoms with Gasteiger partial charge in [0, 0.05) is 23.6 Å². The van der Waals surface area contributed by atoms with Gasteiger partial charge in [-0.15, -0.1) is 0 Å². The molecule has 2 bridgehead atoms. The number of methoxy groups -OCH3 is 2. The lowest BCUT2D eigenvalue weighted by Gasteiger charge is -2.39. The number of hydrogen-bond acceptors (Lipinski definition) is 6. The number of hydrogen-bond donors (Lipinski definition) is 1. The van der Waals surface area contributed by atoms with Gasteiger partial charge in [-0.3, -0.25) is 4.79 Å². The second-order valence-corrected chi connectivity index (χ2v) is 9.55. The molecule has 0 radical (unpaired) electrons. The smallest absolute Gasteiger partial charge is 0.365 e. The van der Waals surface area contributed by atoms with E-state index in [0.717, 1.165) is 18.6 Å². The van der Waals surface area contributed by atoms with Crippen molar-refractivity contribution in [2.45, 2.75) is 40.0 Å². The van der Waals surface area contributed by atoms with Gasteiger partial charge >= 0.3 is 5.97 Å². The van der Waals surface area contributed by atoms with Gasteiger partial charge in [0.15, 0.2) is 0 Å². The Kier molecular flexibility index (Phi) is 5.68. The molecule has 0 aromatic heterocycles. The monoisotopic (exact) mass is 450 g/mol. The molecule has 2 atom stereocenters. The molecule has 0 spiro atoms. The zero-order valence-corrected chi connectivity index (χ0v) is 19.7. The molecule has 0 heterocycles. The number of carbonyl (C=O) groups excluding carboxylic acids is 2. The van der Waals surface area contributed by atoms with Crippen molar-refractivity contribution < 1.29 is 23.9 Å². The number of anilines is 1. The van der Waals surface area contributed by atoms with Crippen molar-refractivity contribution >= 4 is 23.3 Å². The van der Waals surface area contributed by atoms with Crippen molar-refractivity contribution in [3.05, 3.63) is 54.1 Å². The first-order valence-corrected chi connectivity index (χ1v) is 11.1. The SMILES string of the molecule is COc1ccc(C(=O)ON=C2CC3(C(=O)Nc4cccc(OC)c4)CCC2(C)C3(C)C)cc1. The number of amides is 1. The highest BCUT2D eigenvalue weighted by Gasteiger charge is 2.71. The molecule has 1 amide bonds. The molecule has 2 fully saturated rings. The molecule has 2 aliphatic carbocycles. The minimum absolute atomic E-state index is 0.0452. The highest BCUT2D eigenvalue weighted by atomic mass is 16.7. The third kappa shape index (κ3) is 3.56. The van der Waals surface area contributed by atoms with Crippen molar-refractivity contribution in [1.82, 2.24) is 0 Å². The van der Waals surface area contributed by atoms with Gasteiger partial charge in [-0.25, -0.2) is 4.79 Å². The van der Waals surface area contributed by atoms with Crippen molar-refractivity contribution in [1.29, 1.82) is 0 Å². The van der Waals surface area contributed by atoms with E-state index in [1.807, 2.05) is 18.2 Å². The van der Waals surface area contributed by atoms with Crippen molar-refractivity contribution in [2.75, 3.05) is 19.5 Å². The van der Waals surface area contributed by atoms with Gasteiger partial charge in [0.2, 0.25) is 5.91 Å². The summed E-state index contributed by atoms with van der Waals surface area (Å²) in [5.74, 6) is 0.754. The number of nitrogens with one attached hydrogen (secondary N) is 1. The third-order valence-electron chi connectivity index (χ3n) is 8.06. The second-order valence-electron chi connectivity index (χ2n) is 9.55. The normalized spacial score (nSPS) is 26.2. The first kappa shape index (κ1) is 22.8. The van der Waals surface area contributed by atoms with E-state index in [4.69, 9.17) is 14.3 Å². The van der Waals surface area contributed by atoms with Crippen LogP contribution in [0.15, 0.2) is 53.7 Å². The summed E-state index contributed by atoms with van der Waals surface area (Å²) in [6.45, 7) is 6.33. The van der Waals surface area contributed by atoms with Crippen LogP contribution in [0.5, 0.6) is 11.5 Å². The Hall–Kier alpha value is -3.35. The Morgan fingerprint density at radius 3 is 2.30 bits per heavy atom. The van der Waals surface area contributed by atoms with Gasteiger partial charge < -0.3 is 19.6 Å². The Morgan fingerprint density at radius 1 is 0.939 bits per heavy atom. The number of ether oxygens (including phenoxy) is 2. The molecule has 2 saturated carbocycles. The summed E-state index contributed by atoms with van der Waals surface area (Å²) in [5.41, 5.74) is 0.470. The number of nitrogens with zero attached hydrogens (tertiary/aromatic N) is 1. The summed E-state index contributed by atoms with van der Waals surface area (Å²) in [5, 5.41) is 7.37. The standard InChI is InChI=1S/C26H30N2O5/c1-24(2)25(3)13-14-26(24,23(30)27-18-7-6-8-20(15-18)32-5)16-21(25)28-33-22(29)17-9-11-19(31-4)12-10-17/h6-12,15H,13-14,16H2,1-5H3,(H,27,30). The highest BCUT2D eigenvalue weighted by molar-refractivity contribution is 6.06. The van der Waals surface area contributed by atoms with Crippen LogP contribution in [0.2, 0.25) is 0 Å². The lowest BCUT2D eigenvalue weighted by molar-refractivity contribution is -0.130. The Balaban J connectivity index is 1.56. The largest absolute Gasteiger partial charge is 0.497 e. The van der Waals surface area contributed by atoms with Gasteiger partial charge in [0.25, 0.3) is 0 Å². The molecule has 174 valence electrons. The molecule has 0 saturated heterocycles. The van der Waals surface area contributed by atoms with E-state index in [1.165, 1.54) is 0 Å². The predicted octanol–water partition coefficient (Wildman–Crippen LogP) is 5.07. The molecular formula is C26H30N2O5. The molecular weight excluding hydrogens is 420 g/mol. The van der Waals surface area contributed by atoms with Crippen molar-refractivity contribution in [3.8, 4) is 11.5 Å². The zero-order valence-electron chi connectivity index (χ0n) is 19.7. The third-order valence-corrected chi connectivity index (χ3v) is 8.06. The molecule has 7 heteroatoms. The fraction of sp³-hybridized carbons (Fsp3) is 0.423. The summed E-state index contributed by atoms with van der Waals surface area (Å²) in [6.07, 6.45) is 1.99. The molecule has 4 rings (SSSR count). The predicted molar refractivity (Wildman–Crippen MR) is 126 cm³/mol. The van der Waals surface area contributed by atoms with Gasteiger partial charge in [-0.1, -0.05) is 32.0 Å². The lowest BCUT2D eigenvalue weighted by Crippen LogP contribution is -2.43. The molecule has 2 aromatic carbocycles. The van der Waals surface area contributed by atoms with Crippen LogP contribution in [0.4, 0.5) is 5.69 Å². The lowest BCUT2D eigenvalue weighted by atomic mass is 9.64. The fourth-order valence-electron chi connectivity index (χ4n) is 5.35. The Labute approximate surface area is 194 Å². The van der Waals surface area contributed by atoms with Crippen LogP contribution >= 0.6 is 0 Å². The Bertz CT molecular complexity index is 1110. The van der Waals surface area contributed by atoms with E-state index >= 15 is 0 Å². The average molecular weight is 451 g/mol. The number of rotatable bonds is 6. The zero-order chi connectivity index (χ0) is 23.9. The molecule has 7 nitrogen and oxygen atoms in total. The van der Waals surface area contributed by atoms with Crippen LogP contribution in [-0.4, -0.2) is 31.8 Å². The van der Waals surface area contributed by atoms with Crippen LogP contribution in [0.3, 0.4) is 0 Å². The van der Waals surface area contributed by atoms with Gasteiger partial charge in [-0.2, -0.15) is 0 Å². The minimum atomic E-state index is -0.643. The van der Waals surface area contributed by atoms with Crippen LogP contribution in [-0.2, 0) is 9.63 Å². The molecule has 33 heavy (non-hydrogen) atoms. The van der Waals surface area contributed by atoms with E-state index in [-0.39, 0.29) is 16.7 Å². The van der Waals surface area contributed by atoms with Gasteiger partial charge in [0.1, 0.15) is 11.5 Å². The highest BCUT2D eigenvalue weighted by Crippen LogP contribution is 2.71. The van der Waals surface area contributed by atoms with Crippen molar-refractivity contribution in [2.24, 2.45) is 21.4 Å². The summed E-state index contributed by atoms with van der Waals surface area (Å²) >= 11 is 0. The fourth-order valence-corrected chi connectivity index (χ4v) is 5.35. The summed E-state index contributed by atoms with van der Waals surface area (Å²) in [6, 6.07) is 14.0. The molecule has 0 aliphatic heterocycles. The quantitative estimate of drug-likeness (QED) is 0.490. The maximum atomic E-state index is 13.6. The van der Waals surface area contributed by atoms with Gasteiger partial charge in [-0.05, 0) is 54.7 Å². The molecule has 2 unspecified atom stereocenters. The van der Waals surface area contributed by atoms with Gasteiger partial charge in [0.05, 0.1) is 30.9 Å². The van der Waals surface area contributed by atoms with E-state index in [2.05, 4.69) is 31.2 Å². The Morgan fingerprint density at radius 2 is 1.64 bits per heavy atom. The summed E-state index contributed by atoms with van der Waals surface area (Å²) < 4.78 is 10.4. The van der Waals surface area contributed by atoms with E-state index < -0.39 is 11.4 Å². The van der Waals surface area contributed by atoms with E-state index in [1.54, 1.807) is 44.6 Å². The number of benzene rings is 2. The number of oxime groups is 1.